The maximum absolute atomic E-state index is 12.9. The van der Waals surface area contributed by atoms with Crippen LogP contribution < -0.4 is 10.9 Å². The third-order valence-electron chi connectivity index (χ3n) is 5.60. The van der Waals surface area contributed by atoms with E-state index in [9.17, 15) is 19.5 Å². The Morgan fingerprint density at radius 3 is 2.29 bits per heavy atom. The zero-order chi connectivity index (χ0) is 24.0. The molecule has 0 atom stereocenters. The molecule has 0 saturated carbocycles. The summed E-state index contributed by atoms with van der Waals surface area (Å²) < 4.78 is 6.75. The average molecular weight is 488 g/mol. The molecule has 2 N–H and O–H groups in total. The number of halogens is 1. The van der Waals surface area contributed by atoms with Gasteiger partial charge in [0.15, 0.2) is 0 Å². The van der Waals surface area contributed by atoms with E-state index in [0.717, 1.165) is 13.1 Å². The Labute approximate surface area is 204 Å². The van der Waals surface area contributed by atoms with Gasteiger partial charge in [-0.1, -0.05) is 26.0 Å². The molecule has 1 heterocycles. The lowest BCUT2D eigenvalue weighted by atomic mass is 10.1. The molecule has 8 nitrogen and oxygen atoms in total. The molecule has 3 aromatic rings. The maximum Gasteiger partial charge on any atom is 0.338 e. The summed E-state index contributed by atoms with van der Waals surface area (Å²) >= 11 is 0. The number of hydrogen-bond donors (Lipinski definition) is 2. The van der Waals surface area contributed by atoms with Crippen LogP contribution in [0.2, 0.25) is 0 Å². The highest BCUT2D eigenvalue weighted by Gasteiger charge is 2.22. The zero-order valence-corrected chi connectivity index (χ0v) is 20.4. The smallest absolute Gasteiger partial charge is 0.338 e. The standard InChI is InChI=1S/C25H29N3O5.ClH/c1-4-27(5-2)15-16-33-25(32)17-11-13-18(14-12-17)26-23(30)21-22(29)19-9-7-8-10-20(19)28(6-3)24(21)31;/h7-14,29H,4-6,15-16H2,1-3H3,(H,26,30);1H. The topological polar surface area (TPSA) is 101 Å². The highest BCUT2D eigenvalue weighted by molar-refractivity contribution is 6.09. The number of fused-ring (bicyclic) bond motifs is 1. The van der Waals surface area contributed by atoms with Gasteiger partial charge in [-0.05, 0) is 56.4 Å². The molecule has 2 aromatic carbocycles. The Kier molecular flexibility index (Phi) is 9.65. The number of esters is 1. The molecular formula is C25H30ClN3O5. The van der Waals surface area contributed by atoms with E-state index in [2.05, 4.69) is 10.2 Å². The molecule has 0 aliphatic heterocycles. The quantitative estimate of drug-likeness (QED) is 0.444. The molecule has 1 amide bonds. The van der Waals surface area contributed by atoms with Crippen LogP contribution in [0.3, 0.4) is 0 Å². The number of likely N-dealkylation sites (N-methyl/N-ethyl adjacent to an activating group) is 1. The van der Waals surface area contributed by atoms with Gasteiger partial charge in [0, 0.05) is 24.2 Å². The first-order valence-electron chi connectivity index (χ1n) is 11.1. The molecule has 34 heavy (non-hydrogen) atoms. The minimum atomic E-state index is -0.722. The van der Waals surface area contributed by atoms with Crippen molar-refractivity contribution >= 4 is 40.9 Å². The van der Waals surface area contributed by atoms with Crippen molar-refractivity contribution in [1.29, 1.82) is 0 Å². The van der Waals surface area contributed by atoms with Gasteiger partial charge >= 0.3 is 5.97 Å². The third-order valence-corrected chi connectivity index (χ3v) is 5.60. The lowest BCUT2D eigenvalue weighted by molar-refractivity contribution is 0.0466. The second-order valence-corrected chi connectivity index (χ2v) is 7.48. The highest BCUT2D eigenvalue weighted by Crippen LogP contribution is 2.27. The van der Waals surface area contributed by atoms with Crippen molar-refractivity contribution < 1.29 is 19.4 Å². The highest BCUT2D eigenvalue weighted by atomic mass is 35.5. The summed E-state index contributed by atoms with van der Waals surface area (Å²) in [5.41, 5.74) is 0.405. The maximum atomic E-state index is 12.9. The van der Waals surface area contributed by atoms with E-state index in [-0.39, 0.29) is 23.7 Å². The van der Waals surface area contributed by atoms with Gasteiger partial charge in [0.05, 0.1) is 11.1 Å². The van der Waals surface area contributed by atoms with E-state index in [4.69, 9.17) is 4.74 Å². The van der Waals surface area contributed by atoms with Crippen LogP contribution in [-0.4, -0.2) is 52.7 Å². The monoisotopic (exact) mass is 487 g/mol. The van der Waals surface area contributed by atoms with Crippen molar-refractivity contribution in [2.24, 2.45) is 0 Å². The van der Waals surface area contributed by atoms with E-state index >= 15 is 0 Å². The number of nitrogens with one attached hydrogen (secondary N) is 1. The summed E-state index contributed by atoms with van der Waals surface area (Å²) in [5.74, 6) is -1.52. The number of ether oxygens (including phenoxy) is 1. The predicted octanol–water partition coefficient (Wildman–Crippen LogP) is 3.90. The van der Waals surface area contributed by atoms with E-state index in [1.807, 2.05) is 13.8 Å². The summed E-state index contributed by atoms with van der Waals surface area (Å²) in [6, 6.07) is 13.1. The molecule has 182 valence electrons. The summed E-state index contributed by atoms with van der Waals surface area (Å²) in [5, 5.41) is 13.7. The van der Waals surface area contributed by atoms with Crippen molar-refractivity contribution in [1.82, 2.24) is 9.47 Å². The minimum Gasteiger partial charge on any atom is -0.506 e. The number of amides is 1. The molecule has 0 unspecified atom stereocenters. The lowest BCUT2D eigenvalue weighted by Gasteiger charge is -2.17. The van der Waals surface area contributed by atoms with Crippen LogP contribution in [0.1, 0.15) is 41.5 Å². The zero-order valence-electron chi connectivity index (χ0n) is 19.5. The van der Waals surface area contributed by atoms with Crippen LogP contribution in [0.25, 0.3) is 10.9 Å². The Morgan fingerprint density at radius 2 is 1.68 bits per heavy atom. The molecule has 9 heteroatoms. The van der Waals surface area contributed by atoms with Crippen molar-refractivity contribution in [3.63, 3.8) is 0 Å². The predicted molar refractivity (Wildman–Crippen MR) is 135 cm³/mol. The van der Waals surface area contributed by atoms with Gasteiger partial charge in [-0.25, -0.2) is 4.79 Å². The van der Waals surface area contributed by atoms with Gasteiger partial charge in [-0.2, -0.15) is 0 Å². The summed E-state index contributed by atoms with van der Waals surface area (Å²) in [6.45, 7) is 8.98. The molecule has 0 spiro atoms. The Balaban J connectivity index is 0.00000408. The van der Waals surface area contributed by atoms with Crippen LogP contribution in [0.5, 0.6) is 5.75 Å². The van der Waals surface area contributed by atoms with Crippen molar-refractivity contribution in [3.05, 3.63) is 70.0 Å². The Bertz CT molecular complexity index is 1200. The Hall–Kier alpha value is -3.36. The number of carbonyl (C=O) groups is 2. The number of nitrogens with zero attached hydrogens (tertiary/aromatic N) is 2. The molecule has 0 aliphatic carbocycles. The fourth-order valence-corrected chi connectivity index (χ4v) is 3.68. The third kappa shape index (κ3) is 5.76. The fraction of sp³-hybridized carbons (Fsp3) is 0.320. The van der Waals surface area contributed by atoms with Gasteiger partial charge < -0.3 is 24.6 Å². The van der Waals surface area contributed by atoms with Crippen LogP contribution in [0.4, 0.5) is 5.69 Å². The molecule has 0 saturated heterocycles. The van der Waals surface area contributed by atoms with Crippen LogP contribution in [-0.2, 0) is 11.3 Å². The van der Waals surface area contributed by atoms with Crippen LogP contribution in [0, 0.1) is 0 Å². The number of para-hydroxylation sites is 1. The number of carbonyl (C=O) groups excluding carboxylic acids is 2. The molecule has 0 bridgehead atoms. The number of aryl methyl sites for hydroxylation is 1. The molecule has 0 aliphatic rings. The first-order chi connectivity index (χ1) is 15.9. The summed E-state index contributed by atoms with van der Waals surface area (Å²) in [7, 11) is 0. The van der Waals surface area contributed by atoms with E-state index < -0.39 is 17.4 Å². The number of anilines is 1. The molecule has 1 aromatic heterocycles. The van der Waals surface area contributed by atoms with Crippen LogP contribution >= 0.6 is 12.4 Å². The molecule has 0 fully saturated rings. The number of aromatic nitrogens is 1. The minimum absolute atomic E-state index is 0. The molecule has 0 radical (unpaired) electrons. The fourth-order valence-electron chi connectivity index (χ4n) is 3.68. The second-order valence-electron chi connectivity index (χ2n) is 7.48. The van der Waals surface area contributed by atoms with E-state index in [1.165, 1.54) is 4.57 Å². The number of hydrogen-bond acceptors (Lipinski definition) is 6. The molecule has 3 rings (SSSR count). The first kappa shape index (κ1) is 26.9. The largest absolute Gasteiger partial charge is 0.506 e. The average Bonchev–Trinajstić information content (AvgIpc) is 2.82. The second kappa shape index (κ2) is 12.2. The van der Waals surface area contributed by atoms with E-state index in [1.54, 1.807) is 55.5 Å². The van der Waals surface area contributed by atoms with Gasteiger partial charge in [0.25, 0.3) is 11.5 Å². The van der Waals surface area contributed by atoms with Crippen molar-refractivity contribution in [2.75, 3.05) is 31.6 Å². The van der Waals surface area contributed by atoms with Crippen molar-refractivity contribution in [2.45, 2.75) is 27.3 Å². The first-order valence-corrected chi connectivity index (χ1v) is 11.1. The summed E-state index contributed by atoms with van der Waals surface area (Å²) in [6.07, 6.45) is 0. The summed E-state index contributed by atoms with van der Waals surface area (Å²) in [4.78, 5) is 40.1. The lowest BCUT2D eigenvalue weighted by Crippen LogP contribution is -2.29. The van der Waals surface area contributed by atoms with E-state index in [0.29, 0.717) is 41.9 Å². The van der Waals surface area contributed by atoms with Gasteiger partial charge in [-0.15, -0.1) is 12.4 Å². The number of benzene rings is 2. The van der Waals surface area contributed by atoms with Crippen LogP contribution in [0.15, 0.2) is 53.3 Å². The van der Waals surface area contributed by atoms with Crippen molar-refractivity contribution in [3.8, 4) is 5.75 Å². The molecular weight excluding hydrogens is 458 g/mol. The van der Waals surface area contributed by atoms with Gasteiger partial charge in [0.2, 0.25) is 0 Å². The number of pyridine rings is 1. The normalized spacial score (nSPS) is 10.7. The van der Waals surface area contributed by atoms with Gasteiger partial charge in [-0.3, -0.25) is 9.59 Å². The SMILES string of the molecule is CCN(CC)CCOC(=O)c1ccc(NC(=O)c2c(O)c3ccccc3n(CC)c2=O)cc1.Cl. The Morgan fingerprint density at radius 1 is 1.03 bits per heavy atom. The number of aromatic hydroxyl groups is 1. The van der Waals surface area contributed by atoms with Gasteiger partial charge in [0.1, 0.15) is 17.9 Å². The number of rotatable bonds is 9.